The van der Waals surface area contributed by atoms with Crippen LogP contribution in [0, 0.1) is 13.8 Å². The second-order valence-electron chi connectivity index (χ2n) is 5.83. The van der Waals surface area contributed by atoms with E-state index in [2.05, 4.69) is 15.6 Å². The Morgan fingerprint density at radius 1 is 1.04 bits per heavy atom. The van der Waals surface area contributed by atoms with E-state index >= 15 is 0 Å². The van der Waals surface area contributed by atoms with Crippen molar-refractivity contribution in [1.82, 2.24) is 10.3 Å². The van der Waals surface area contributed by atoms with E-state index < -0.39 is 0 Å². The highest BCUT2D eigenvalue weighted by Crippen LogP contribution is 2.17. The number of aromatic nitrogens is 1. The molecule has 2 aromatic rings. The Balaban J connectivity index is 2.18. The summed E-state index contributed by atoms with van der Waals surface area (Å²) < 4.78 is 0. The largest absolute Gasteiger partial charge is 0.350 e. The summed E-state index contributed by atoms with van der Waals surface area (Å²) in [7, 11) is 0. The Kier molecular flexibility index (Phi) is 5.11. The van der Waals surface area contributed by atoms with Crippen molar-refractivity contribution in [2.45, 2.75) is 33.7 Å². The molecule has 0 aliphatic carbocycles. The van der Waals surface area contributed by atoms with Gasteiger partial charge in [-0.15, -0.1) is 0 Å². The van der Waals surface area contributed by atoms with E-state index in [9.17, 15) is 9.59 Å². The molecule has 0 fully saturated rings. The molecule has 5 heteroatoms. The van der Waals surface area contributed by atoms with Gasteiger partial charge in [0.2, 0.25) is 0 Å². The number of hydrogen-bond donors (Lipinski definition) is 2. The van der Waals surface area contributed by atoms with Crippen LogP contribution >= 0.6 is 0 Å². The number of amides is 2. The van der Waals surface area contributed by atoms with Gasteiger partial charge in [0.05, 0.1) is 0 Å². The van der Waals surface area contributed by atoms with Gasteiger partial charge in [-0.2, -0.15) is 0 Å². The molecular formula is C18H21N3O2. The minimum absolute atomic E-state index is 0.0307. The van der Waals surface area contributed by atoms with Gasteiger partial charge < -0.3 is 10.6 Å². The molecule has 0 spiro atoms. The molecular weight excluding hydrogens is 290 g/mol. The molecule has 0 radical (unpaired) electrons. The first kappa shape index (κ1) is 16.7. The van der Waals surface area contributed by atoms with Gasteiger partial charge in [0.1, 0.15) is 5.69 Å². The Morgan fingerprint density at radius 2 is 1.78 bits per heavy atom. The number of anilines is 1. The summed E-state index contributed by atoms with van der Waals surface area (Å²) >= 11 is 0. The van der Waals surface area contributed by atoms with Gasteiger partial charge in [-0.1, -0.05) is 17.7 Å². The van der Waals surface area contributed by atoms with Crippen molar-refractivity contribution in [3.8, 4) is 0 Å². The highest BCUT2D eigenvalue weighted by atomic mass is 16.2. The van der Waals surface area contributed by atoms with Crippen molar-refractivity contribution in [2.75, 3.05) is 5.32 Å². The molecule has 0 aliphatic rings. The summed E-state index contributed by atoms with van der Waals surface area (Å²) in [4.78, 5) is 28.4. The quantitative estimate of drug-likeness (QED) is 0.911. The maximum Gasteiger partial charge on any atom is 0.274 e. The van der Waals surface area contributed by atoms with Gasteiger partial charge >= 0.3 is 0 Å². The number of benzene rings is 1. The van der Waals surface area contributed by atoms with Crippen LogP contribution in [0.4, 0.5) is 5.69 Å². The third-order valence-corrected chi connectivity index (χ3v) is 3.30. The van der Waals surface area contributed by atoms with E-state index in [0.29, 0.717) is 5.56 Å². The fourth-order valence-electron chi connectivity index (χ4n) is 2.18. The SMILES string of the molecule is Cc1ccc(NC(=O)c2cc(C(=O)NC(C)C)ccn2)c(C)c1. The Bertz CT molecular complexity index is 739. The summed E-state index contributed by atoms with van der Waals surface area (Å²) in [5.41, 5.74) is 3.47. The third-order valence-electron chi connectivity index (χ3n) is 3.30. The number of nitrogens with one attached hydrogen (secondary N) is 2. The predicted molar refractivity (Wildman–Crippen MR) is 90.7 cm³/mol. The number of carbonyl (C=O) groups is 2. The number of rotatable bonds is 4. The fraction of sp³-hybridized carbons (Fsp3) is 0.278. The van der Waals surface area contributed by atoms with Crippen molar-refractivity contribution in [3.05, 3.63) is 58.9 Å². The number of aryl methyl sites for hydroxylation is 2. The molecule has 2 N–H and O–H groups in total. The molecule has 0 atom stereocenters. The zero-order chi connectivity index (χ0) is 17.0. The molecule has 5 nitrogen and oxygen atoms in total. The first-order valence-corrected chi connectivity index (χ1v) is 7.52. The van der Waals surface area contributed by atoms with Crippen LogP contribution in [-0.4, -0.2) is 22.8 Å². The van der Waals surface area contributed by atoms with Gasteiger partial charge in [-0.05, 0) is 51.5 Å². The number of nitrogens with zero attached hydrogens (tertiary/aromatic N) is 1. The molecule has 2 rings (SSSR count). The van der Waals surface area contributed by atoms with Crippen LogP contribution in [0.25, 0.3) is 0 Å². The summed E-state index contributed by atoms with van der Waals surface area (Å²) in [5, 5.41) is 5.62. The lowest BCUT2D eigenvalue weighted by Gasteiger charge is -2.10. The number of carbonyl (C=O) groups excluding carboxylic acids is 2. The van der Waals surface area contributed by atoms with Crippen LogP contribution in [0.2, 0.25) is 0 Å². The summed E-state index contributed by atoms with van der Waals surface area (Å²) in [6.07, 6.45) is 1.46. The van der Waals surface area contributed by atoms with Crippen LogP contribution in [-0.2, 0) is 0 Å². The molecule has 2 amide bonds. The minimum Gasteiger partial charge on any atom is -0.350 e. The maximum atomic E-state index is 12.3. The smallest absolute Gasteiger partial charge is 0.274 e. The molecule has 0 saturated heterocycles. The van der Waals surface area contributed by atoms with E-state index in [1.807, 2.05) is 45.9 Å². The normalized spacial score (nSPS) is 10.5. The van der Waals surface area contributed by atoms with E-state index in [-0.39, 0.29) is 23.6 Å². The first-order chi connectivity index (χ1) is 10.9. The first-order valence-electron chi connectivity index (χ1n) is 7.52. The van der Waals surface area contributed by atoms with Crippen molar-refractivity contribution in [1.29, 1.82) is 0 Å². The molecule has 0 bridgehead atoms. The number of hydrogen-bond acceptors (Lipinski definition) is 3. The fourth-order valence-corrected chi connectivity index (χ4v) is 2.18. The van der Waals surface area contributed by atoms with Crippen molar-refractivity contribution < 1.29 is 9.59 Å². The average molecular weight is 311 g/mol. The van der Waals surface area contributed by atoms with Crippen LogP contribution in [0.15, 0.2) is 36.5 Å². The lowest BCUT2D eigenvalue weighted by Crippen LogP contribution is -2.30. The predicted octanol–water partition coefficient (Wildman–Crippen LogP) is 3.09. The molecule has 1 aromatic heterocycles. The van der Waals surface area contributed by atoms with Gasteiger partial charge in [0, 0.05) is 23.5 Å². The third kappa shape index (κ3) is 4.39. The van der Waals surface area contributed by atoms with Crippen molar-refractivity contribution in [2.24, 2.45) is 0 Å². The average Bonchev–Trinajstić information content (AvgIpc) is 2.49. The van der Waals surface area contributed by atoms with Gasteiger partial charge in [-0.3, -0.25) is 14.6 Å². The van der Waals surface area contributed by atoms with E-state index in [1.54, 1.807) is 6.07 Å². The minimum atomic E-state index is -0.337. The second-order valence-corrected chi connectivity index (χ2v) is 5.83. The molecule has 1 heterocycles. The standard InChI is InChI=1S/C18H21N3O2/c1-11(2)20-17(22)14-7-8-19-16(10-14)18(23)21-15-6-5-12(3)9-13(15)4/h5-11H,1-4H3,(H,20,22)(H,21,23). The van der Waals surface area contributed by atoms with Crippen molar-refractivity contribution in [3.63, 3.8) is 0 Å². The summed E-state index contributed by atoms with van der Waals surface area (Å²) in [6, 6.07) is 8.90. The number of pyridine rings is 1. The van der Waals surface area contributed by atoms with E-state index in [4.69, 9.17) is 0 Å². The monoisotopic (exact) mass is 311 g/mol. The molecule has 0 unspecified atom stereocenters. The van der Waals surface area contributed by atoms with Gasteiger partial charge in [0.25, 0.3) is 11.8 Å². The van der Waals surface area contributed by atoms with Crippen molar-refractivity contribution >= 4 is 17.5 Å². The lowest BCUT2D eigenvalue weighted by atomic mass is 10.1. The Hall–Kier alpha value is -2.69. The zero-order valence-electron chi connectivity index (χ0n) is 13.8. The summed E-state index contributed by atoms with van der Waals surface area (Å²) in [6.45, 7) is 7.69. The van der Waals surface area contributed by atoms with Gasteiger partial charge in [-0.25, -0.2) is 0 Å². The zero-order valence-corrected chi connectivity index (χ0v) is 13.8. The van der Waals surface area contributed by atoms with Crippen LogP contribution in [0.3, 0.4) is 0 Å². The van der Waals surface area contributed by atoms with Crippen LogP contribution in [0.1, 0.15) is 45.8 Å². The maximum absolute atomic E-state index is 12.3. The summed E-state index contributed by atoms with van der Waals surface area (Å²) in [5.74, 6) is -0.556. The topological polar surface area (TPSA) is 71.1 Å². The second kappa shape index (κ2) is 7.05. The highest BCUT2D eigenvalue weighted by Gasteiger charge is 2.13. The molecule has 0 aliphatic heterocycles. The molecule has 0 saturated carbocycles. The highest BCUT2D eigenvalue weighted by molar-refractivity contribution is 6.05. The van der Waals surface area contributed by atoms with Crippen LogP contribution < -0.4 is 10.6 Å². The van der Waals surface area contributed by atoms with Crippen LogP contribution in [0.5, 0.6) is 0 Å². The Labute approximate surface area is 136 Å². The van der Waals surface area contributed by atoms with E-state index in [1.165, 1.54) is 12.3 Å². The molecule has 23 heavy (non-hydrogen) atoms. The molecule has 120 valence electrons. The lowest BCUT2D eigenvalue weighted by molar-refractivity contribution is 0.0943. The Morgan fingerprint density at radius 3 is 2.43 bits per heavy atom. The van der Waals surface area contributed by atoms with Gasteiger partial charge in [0.15, 0.2) is 0 Å². The molecule has 1 aromatic carbocycles. The van der Waals surface area contributed by atoms with E-state index in [0.717, 1.165) is 16.8 Å².